The van der Waals surface area contributed by atoms with Crippen LogP contribution < -0.4 is 4.74 Å². The number of ketones is 1. The van der Waals surface area contributed by atoms with Gasteiger partial charge in [0, 0.05) is 29.7 Å². The van der Waals surface area contributed by atoms with Crippen molar-refractivity contribution in [2.45, 2.75) is 44.4 Å². The van der Waals surface area contributed by atoms with Crippen LogP contribution in [0.1, 0.15) is 54.2 Å². The van der Waals surface area contributed by atoms with Crippen LogP contribution in [0, 0.1) is 0 Å². The van der Waals surface area contributed by atoms with Crippen LogP contribution in [0.25, 0.3) is 0 Å². The number of rotatable bonds is 3. The van der Waals surface area contributed by atoms with E-state index >= 15 is 0 Å². The molecule has 0 aromatic heterocycles. The van der Waals surface area contributed by atoms with Crippen molar-refractivity contribution in [3.63, 3.8) is 0 Å². The maximum Gasteiger partial charge on any atom is 0.223 e. The third-order valence-corrected chi connectivity index (χ3v) is 5.87. The van der Waals surface area contributed by atoms with Crippen molar-refractivity contribution >= 4 is 23.3 Å². The van der Waals surface area contributed by atoms with Gasteiger partial charge in [-0.2, -0.15) is 0 Å². The lowest BCUT2D eigenvalue weighted by Gasteiger charge is -2.45. The summed E-state index contributed by atoms with van der Waals surface area (Å²) in [5.41, 5.74) is 0.656. The number of aliphatic hydroxyl groups excluding tert-OH is 1. The first kappa shape index (κ1) is 19.0. The Morgan fingerprint density at radius 1 is 1.25 bits per heavy atom. The number of carbonyl (C=O) groups excluding carboxylic acids is 2. The van der Waals surface area contributed by atoms with Crippen molar-refractivity contribution < 1.29 is 19.4 Å². The molecule has 0 saturated carbocycles. The molecule has 1 N–H and O–H groups in total. The highest BCUT2D eigenvalue weighted by atomic mass is 35.5. The topological polar surface area (TPSA) is 66.8 Å². The van der Waals surface area contributed by atoms with Crippen molar-refractivity contribution in [2.75, 3.05) is 6.54 Å². The standard InChI is InChI=1S/C22H22ClNO4/c1-22(2)21(27)19(24-11-5-8-18(24)25)15-12-13(9-10-17(15)28-22)20(26)14-6-3-4-7-16(14)23/h3-4,6-7,9-10,12,19,21,27H,5,8,11H2,1-2H3/t19-,21+/m0/s1. The molecule has 5 nitrogen and oxygen atoms in total. The van der Waals surface area contributed by atoms with E-state index in [2.05, 4.69) is 0 Å². The number of fused-ring (bicyclic) bond motifs is 1. The average molecular weight is 400 g/mol. The van der Waals surface area contributed by atoms with Gasteiger partial charge in [-0.3, -0.25) is 9.59 Å². The Kier molecular flexibility index (Phi) is 4.68. The number of ether oxygens (including phenoxy) is 1. The lowest BCUT2D eigenvalue weighted by atomic mass is 9.84. The summed E-state index contributed by atoms with van der Waals surface area (Å²) < 4.78 is 6.00. The summed E-state index contributed by atoms with van der Waals surface area (Å²) in [5.74, 6) is 0.380. The summed E-state index contributed by atoms with van der Waals surface area (Å²) in [6.45, 7) is 4.19. The van der Waals surface area contributed by atoms with Crippen LogP contribution in [0.4, 0.5) is 0 Å². The number of carbonyl (C=O) groups is 2. The van der Waals surface area contributed by atoms with Crippen molar-refractivity contribution in [3.05, 3.63) is 64.2 Å². The molecule has 0 unspecified atom stereocenters. The zero-order valence-electron chi connectivity index (χ0n) is 15.8. The third-order valence-electron chi connectivity index (χ3n) is 5.54. The smallest absolute Gasteiger partial charge is 0.223 e. The molecule has 6 heteroatoms. The quantitative estimate of drug-likeness (QED) is 0.798. The molecule has 2 atom stereocenters. The van der Waals surface area contributed by atoms with Crippen LogP contribution >= 0.6 is 11.6 Å². The van der Waals surface area contributed by atoms with Gasteiger partial charge in [-0.25, -0.2) is 0 Å². The van der Waals surface area contributed by atoms with Crippen LogP contribution in [-0.4, -0.2) is 39.9 Å². The summed E-state index contributed by atoms with van der Waals surface area (Å²) in [6, 6.07) is 11.5. The van der Waals surface area contributed by atoms with E-state index in [4.69, 9.17) is 16.3 Å². The van der Waals surface area contributed by atoms with Crippen molar-refractivity contribution in [2.24, 2.45) is 0 Å². The molecule has 1 amide bonds. The molecule has 4 rings (SSSR count). The molecule has 1 saturated heterocycles. The van der Waals surface area contributed by atoms with E-state index in [-0.39, 0.29) is 11.7 Å². The van der Waals surface area contributed by atoms with Crippen LogP contribution in [0.5, 0.6) is 5.75 Å². The second kappa shape index (κ2) is 6.90. The van der Waals surface area contributed by atoms with Crippen LogP contribution in [-0.2, 0) is 4.79 Å². The number of hydrogen-bond donors (Lipinski definition) is 1. The van der Waals surface area contributed by atoms with E-state index in [9.17, 15) is 14.7 Å². The summed E-state index contributed by atoms with van der Waals surface area (Å²) in [6.07, 6.45) is 0.322. The zero-order valence-corrected chi connectivity index (χ0v) is 16.6. The number of benzene rings is 2. The van der Waals surface area contributed by atoms with Gasteiger partial charge in [-0.15, -0.1) is 0 Å². The average Bonchev–Trinajstić information content (AvgIpc) is 3.08. The van der Waals surface area contributed by atoms with Crippen molar-refractivity contribution in [1.82, 2.24) is 4.90 Å². The second-order valence-electron chi connectivity index (χ2n) is 7.85. The maximum atomic E-state index is 13.0. The first-order valence-electron chi connectivity index (χ1n) is 9.39. The fourth-order valence-corrected chi connectivity index (χ4v) is 4.23. The molecule has 1 fully saturated rings. The van der Waals surface area contributed by atoms with Gasteiger partial charge in [-0.1, -0.05) is 23.7 Å². The number of nitrogens with zero attached hydrogens (tertiary/aromatic N) is 1. The maximum absolute atomic E-state index is 13.0. The third kappa shape index (κ3) is 3.09. The Balaban J connectivity index is 1.80. The normalized spacial score (nSPS) is 23.3. The number of halogens is 1. The molecule has 0 aliphatic carbocycles. The molecule has 0 bridgehead atoms. The Bertz CT molecular complexity index is 955. The molecule has 28 heavy (non-hydrogen) atoms. The molecule has 0 spiro atoms. The van der Waals surface area contributed by atoms with E-state index in [0.29, 0.717) is 40.4 Å². The van der Waals surface area contributed by atoms with Gasteiger partial charge in [0.2, 0.25) is 5.91 Å². The van der Waals surface area contributed by atoms with Gasteiger partial charge in [0.15, 0.2) is 5.78 Å². The van der Waals surface area contributed by atoms with Gasteiger partial charge >= 0.3 is 0 Å². The summed E-state index contributed by atoms with van der Waals surface area (Å²) in [4.78, 5) is 27.1. The molecule has 146 valence electrons. The first-order valence-corrected chi connectivity index (χ1v) is 9.77. The highest BCUT2D eigenvalue weighted by Gasteiger charge is 2.47. The monoisotopic (exact) mass is 399 g/mol. The number of aliphatic hydroxyl groups is 1. The Morgan fingerprint density at radius 2 is 2.00 bits per heavy atom. The van der Waals surface area contributed by atoms with Gasteiger partial charge in [0.25, 0.3) is 0 Å². The Morgan fingerprint density at radius 3 is 2.68 bits per heavy atom. The number of hydrogen-bond acceptors (Lipinski definition) is 4. The second-order valence-corrected chi connectivity index (χ2v) is 8.25. The Hall–Kier alpha value is -2.37. The molecule has 0 radical (unpaired) electrons. The number of amides is 1. The predicted octanol–water partition coefficient (Wildman–Crippen LogP) is 3.77. The SMILES string of the molecule is CC1(C)Oc2ccc(C(=O)c3ccccc3Cl)cc2[C@H](N2CCCC2=O)[C@H]1O. The largest absolute Gasteiger partial charge is 0.485 e. The highest BCUT2D eigenvalue weighted by molar-refractivity contribution is 6.35. The first-order chi connectivity index (χ1) is 13.3. The molecule has 2 aromatic carbocycles. The molecular weight excluding hydrogens is 378 g/mol. The Labute approximate surface area is 168 Å². The van der Waals surface area contributed by atoms with E-state index in [1.54, 1.807) is 61.2 Å². The number of likely N-dealkylation sites (tertiary alicyclic amines) is 1. The molecule has 2 heterocycles. The fraction of sp³-hybridized carbons (Fsp3) is 0.364. The molecule has 2 aliphatic rings. The van der Waals surface area contributed by atoms with Gasteiger partial charge in [0.1, 0.15) is 17.5 Å². The van der Waals surface area contributed by atoms with Crippen molar-refractivity contribution in [3.8, 4) is 5.75 Å². The van der Waals surface area contributed by atoms with E-state index in [0.717, 1.165) is 6.42 Å². The van der Waals surface area contributed by atoms with E-state index in [1.807, 2.05) is 0 Å². The minimum atomic E-state index is -0.910. The zero-order chi connectivity index (χ0) is 20.1. The molecular formula is C22H22ClNO4. The summed E-state index contributed by atoms with van der Waals surface area (Å²) in [5, 5.41) is 11.4. The van der Waals surface area contributed by atoms with E-state index in [1.165, 1.54) is 0 Å². The molecule has 2 aliphatic heterocycles. The predicted molar refractivity (Wildman–Crippen MR) is 106 cm³/mol. The lowest BCUT2D eigenvalue weighted by molar-refractivity contribution is -0.139. The summed E-state index contributed by atoms with van der Waals surface area (Å²) in [7, 11) is 0. The van der Waals surface area contributed by atoms with Crippen molar-refractivity contribution in [1.29, 1.82) is 0 Å². The summed E-state index contributed by atoms with van der Waals surface area (Å²) >= 11 is 6.19. The van der Waals surface area contributed by atoms with Gasteiger partial charge in [0.05, 0.1) is 11.1 Å². The van der Waals surface area contributed by atoms with Gasteiger partial charge in [-0.05, 0) is 50.6 Å². The van der Waals surface area contributed by atoms with Crippen LogP contribution in [0.2, 0.25) is 5.02 Å². The minimum Gasteiger partial charge on any atom is -0.485 e. The lowest BCUT2D eigenvalue weighted by Crippen LogP contribution is -2.53. The fourth-order valence-electron chi connectivity index (χ4n) is 4.01. The molecule has 2 aromatic rings. The van der Waals surface area contributed by atoms with Crippen LogP contribution in [0.15, 0.2) is 42.5 Å². The minimum absolute atomic E-state index is 0.00975. The highest BCUT2D eigenvalue weighted by Crippen LogP contribution is 2.44. The van der Waals surface area contributed by atoms with E-state index < -0.39 is 17.7 Å². The van der Waals surface area contributed by atoms with Gasteiger partial charge < -0.3 is 14.7 Å². The van der Waals surface area contributed by atoms with Crippen LogP contribution in [0.3, 0.4) is 0 Å².